The second kappa shape index (κ2) is 6.02. The summed E-state index contributed by atoms with van der Waals surface area (Å²) in [7, 11) is 0. The zero-order chi connectivity index (χ0) is 14.9. The molecule has 8 heteroatoms. The van der Waals surface area contributed by atoms with Gasteiger partial charge in [0.05, 0.1) is 24.3 Å². The van der Waals surface area contributed by atoms with Gasteiger partial charge in [0.15, 0.2) is 0 Å². The minimum atomic E-state index is -1.56. The minimum absolute atomic E-state index is 0.00973. The van der Waals surface area contributed by atoms with Gasteiger partial charge in [0.25, 0.3) is 5.56 Å². The van der Waals surface area contributed by atoms with E-state index in [-0.39, 0.29) is 12.0 Å². The first-order valence-electron chi connectivity index (χ1n) is 6.04. The van der Waals surface area contributed by atoms with Gasteiger partial charge in [-0.3, -0.25) is 14.3 Å². The summed E-state index contributed by atoms with van der Waals surface area (Å²) in [5.74, 6) is -0.922. The van der Waals surface area contributed by atoms with Crippen LogP contribution < -0.4 is 11.2 Å². The molecule has 0 bridgehead atoms. The second-order valence-corrected chi connectivity index (χ2v) is 5.23. The molecule has 1 aromatic rings. The van der Waals surface area contributed by atoms with E-state index in [0.717, 1.165) is 4.57 Å². The fraction of sp³-hybridized carbons (Fsp3) is 0.500. The van der Waals surface area contributed by atoms with Crippen LogP contribution in [-0.2, 0) is 0 Å². The Bertz CT molecular complexity index is 627. The fourth-order valence-corrected chi connectivity index (χ4v) is 2.76. The van der Waals surface area contributed by atoms with Crippen LogP contribution in [0.25, 0.3) is 6.08 Å². The van der Waals surface area contributed by atoms with Gasteiger partial charge in [-0.05, 0) is 17.5 Å². The van der Waals surface area contributed by atoms with Crippen LogP contribution >= 0.6 is 15.9 Å². The molecule has 0 unspecified atom stereocenters. The van der Waals surface area contributed by atoms with Crippen molar-refractivity contribution < 1.29 is 14.6 Å². The first-order valence-corrected chi connectivity index (χ1v) is 6.96. The van der Waals surface area contributed by atoms with Crippen molar-refractivity contribution in [2.24, 2.45) is 5.92 Å². The highest BCUT2D eigenvalue weighted by Gasteiger charge is 2.44. The van der Waals surface area contributed by atoms with Crippen LogP contribution in [0.4, 0.5) is 4.39 Å². The molecule has 3 N–H and O–H groups in total. The normalized spacial score (nSPS) is 30.2. The largest absolute Gasteiger partial charge is 0.396 e. The molecule has 0 aromatic carbocycles. The predicted octanol–water partition coefficient (Wildman–Crippen LogP) is 0.155. The number of nitrogens with one attached hydrogen (secondary N) is 1. The molecule has 1 aromatic heterocycles. The van der Waals surface area contributed by atoms with Gasteiger partial charge >= 0.3 is 5.69 Å². The van der Waals surface area contributed by atoms with Gasteiger partial charge in [0.1, 0.15) is 6.17 Å². The molecule has 110 valence electrons. The molecular formula is C12H14BrFN2O4. The van der Waals surface area contributed by atoms with E-state index in [0.29, 0.717) is 0 Å². The van der Waals surface area contributed by atoms with Gasteiger partial charge in [0.2, 0.25) is 0 Å². The maximum atomic E-state index is 14.2. The molecule has 1 aliphatic rings. The molecule has 0 spiro atoms. The molecule has 0 amide bonds. The molecule has 6 nitrogen and oxygen atoms in total. The number of nitrogens with zero attached hydrogens (tertiary/aromatic N) is 1. The van der Waals surface area contributed by atoms with Crippen molar-refractivity contribution in [3.05, 3.63) is 37.6 Å². The molecule has 1 saturated carbocycles. The molecule has 1 heterocycles. The lowest BCUT2D eigenvalue weighted by Crippen LogP contribution is -2.36. The molecule has 0 saturated heterocycles. The summed E-state index contributed by atoms with van der Waals surface area (Å²) in [6.45, 7) is -0.495. The molecule has 2 rings (SSSR count). The van der Waals surface area contributed by atoms with Crippen LogP contribution in [0.2, 0.25) is 0 Å². The number of alkyl halides is 1. The molecule has 1 fully saturated rings. The number of aliphatic hydroxyl groups excluding tert-OH is 2. The van der Waals surface area contributed by atoms with Crippen LogP contribution in [0.3, 0.4) is 0 Å². The van der Waals surface area contributed by atoms with Crippen molar-refractivity contribution in [3.63, 3.8) is 0 Å². The summed E-state index contributed by atoms with van der Waals surface area (Å²) >= 11 is 3.02. The second-order valence-electron chi connectivity index (χ2n) is 4.70. The highest BCUT2D eigenvalue weighted by atomic mass is 79.9. The van der Waals surface area contributed by atoms with Gasteiger partial charge in [-0.1, -0.05) is 15.9 Å². The smallest absolute Gasteiger partial charge is 0.328 e. The summed E-state index contributed by atoms with van der Waals surface area (Å²) in [6, 6.07) is -0.908. The Balaban J connectivity index is 2.46. The van der Waals surface area contributed by atoms with E-state index < -0.39 is 42.1 Å². The predicted molar refractivity (Wildman–Crippen MR) is 74.4 cm³/mol. The fourth-order valence-electron chi connectivity index (χ4n) is 2.47. The number of hydrogen-bond acceptors (Lipinski definition) is 4. The molecule has 20 heavy (non-hydrogen) atoms. The summed E-state index contributed by atoms with van der Waals surface area (Å²) < 4.78 is 15.3. The lowest BCUT2D eigenvalue weighted by atomic mass is 10.1. The lowest BCUT2D eigenvalue weighted by Gasteiger charge is -2.18. The van der Waals surface area contributed by atoms with E-state index in [1.54, 1.807) is 0 Å². The van der Waals surface area contributed by atoms with E-state index >= 15 is 0 Å². The van der Waals surface area contributed by atoms with Gasteiger partial charge in [-0.2, -0.15) is 0 Å². The summed E-state index contributed by atoms with van der Waals surface area (Å²) in [5.41, 5.74) is -1.12. The van der Waals surface area contributed by atoms with Crippen LogP contribution in [-0.4, -0.2) is 38.6 Å². The van der Waals surface area contributed by atoms with Crippen molar-refractivity contribution in [2.75, 3.05) is 6.61 Å². The summed E-state index contributed by atoms with van der Waals surface area (Å²) in [4.78, 5) is 26.9. The number of rotatable bonds is 3. The van der Waals surface area contributed by atoms with Gasteiger partial charge in [-0.25, -0.2) is 9.18 Å². The number of aromatic nitrogens is 2. The highest BCUT2D eigenvalue weighted by Crippen LogP contribution is 2.36. The number of aliphatic hydroxyl groups is 2. The van der Waals surface area contributed by atoms with E-state index in [2.05, 4.69) is 20.9 Å². The zero-order valence-corrected chi connectivity index (χ0v) is 12.0. The Hall–Kier alpha value is -1.25. The first-order chi connectivity index (χ1) is 9.49. The van der Waals surface area contributed by atoms with Crippen LogP contribution in [0.1, 0.15) is 18.0 Å². The van der Waals surface area contributed by atoms with Crippen molar-refractivity contribution in [3.8, 4) is 0 Å². The maximum Gasteiger partial charge on any atom is 0.328 e. The Labute approximate surface area is 121 Å². The molecule has 1 aliphatic carbocycles. The van der Waals surface area contributed by atoms with Crippen molar-refractivity contribution in [1.29, 1.82) is 0 Å². The zero-order valence-electron chi connectivity index (χ0n) is 10.4. The van der Waals surface area contributed by atoms with Crippen LogP contribution in [0.15, 0.2) is 20.8 Å². The Kier molecular flexibility index (Phi) is 4.56. The van der Waals surface area contributed by atoms with Gasteiger partial charge in [0, 0.05) is 12.1 Å². The van der Waals surface area contributed by atoms with Gasteiger partial charge in [-0.15, -0.1) is 0 Å². The topological polar surface area (TPSA) is 95.3 Å². The number of halogens is 2. The molecular weight excluding hydrogens is 335 g/mol. The van der Waals surface area contributed by atoms with E-state index in [1.165, 1.54) is 17.3 Å². The van der Waals surface area contributed by atoms with Gasteiger partial charge < -0.3 is 10.2 Å². The highest BCUT2D eigenvalue weighted by molar-refractivity contribution is 9.11. The van der Waals surface area contributed by atoms with Crippen LogP contribution in [0, 0.1) is 5.92 Å². The van der Waals surface area contributed by atoms with Crippen LogP contribution in [0.5, 0.6) is 0 Å². The third-order valence-corrected chi connectivity index (χ3v) is 3.82. The average Bonchev–Trinajstić information content (AvgIpc) is 2.68. The standard InChI is InChI=1S/C12H14BrFN2O4/c13-2-1-6-4-16(12(20)15-11(6)19)8-3-9(18)7(5-17)10(8)14/h1-2,4,7-10,17-18H,3,5H2,(H,15,19,20)/b2-1+/t7-,8+,9+,10+/m0/s1. The Morgan fingerprint density at radius 3 is 2.80 bits per heavy atom. The quantitative estimate of drug-likeness (QED) is 0.724. The third kappa shape index (κ3) is 2.63. The number of H-pyrrole nitrogens is 1. The van der Waals surface area contributed by atoms with E-state index in [1.807, 2.05) is 0 Å². The third-order valence-electron chi connectivity index (χ3n) is 3.56. The summed E-state index contributed by atoms with van der Waals surface area (Å²) in [5, 5.41) is 18.8. The Morgan fingerprint density at radius 2 is 2.25 bits per heavy atom. The monoisotopic (exact) mass is 348 g/mol. The first kappa shape index (κ1) is 15.1. The molecule has 0 radical (unpaired) electrons. The Morgan fingerprint density at radius 1 is 1.55 bits per heavy atom. The minimum Gasteiger partial charge on any atom is -0.396 e. The van der Waals surface area contributed by atoms with E-state index in [9.17, 15) is 19.1 Å². The van der Waals surface area contributed by atoms with E-state index in [4.69, 9.17) is 5.11 Å². The van der Waals surface area contributed by atoms with Crippen molar-refractivity contribution in [2.45, 2.75) is 24.7 Å². The maximum absolute atomic E-state index is 14.2. The SMILES string of the molecule is O=c1[nH]c(=O)n([C@@H]2C[C@@H](O)[C@H](CO)[C@H]2F)cc1/C=C/Br. The lowest BCUT2D eigenvalue weighted by molar-refractivity contribution is 0.0591. The number of aromatic amines is 1. The average molecular weight is 349 g/mol. The van der Waals surface area contributed by atoms with Crippen molar-refractivity contribution in [1.82, 2.24) is 9.55 Å². The summed E-state index contributed by atoms with van der Waals surface area (Å²) in [6.07, 6.45) is 0.114. The number of hydrogen-bond donors (Lipinski definition) is 3. The molecule has 4 atom stereocenters. The molecule has 0 aliphatic heterocycles. The van der Waals surface area contributed by atoms with Crippen molar-refractivity contribution >= 4 is 22.0 Å².